The van der Waals surface area contributed by atoms with Gasteiger partial charge in [-0.15, -0.1) is 0 Å². The molecule has 0 aliphatic carbocycles. The summed E-state index contributed by atoms with van der Waals surface area (Å²) in [7, 11) is 0. The molecule has 8 heteroatoms. The summed E-state index contributed by atoms with van der Waals surface area (Å²) in [6, 6.07) is 6.15. The number of aromatic amines is 2. The molecule has 0 aromatic carbocycles. The number of aromatic nitrogens is 7. The first kappa shape index (κ1) is 23.9. The first-order valence-corrected chi connectivity index (χ1v) is 13.0. The first-order valence-electron chi connectivity index (χ1n) is 13.0. The Balaban J connectivity index is 1.37. The van der Waals surface area contributed by atoms with Gasteiger partial charge in [-0.2, -0.15) is 5.10 Å². The Morgan fingerprint density at radius 2 is 1.92 bits per heavy atom. The van der Waals surface area contributed by atoms with Crippen LogP contribution in [0.5, 0.6) is 0 Å². The SMILES string of the molecule is C=c1[nH]nc(-c2nc3c(-c4cccnc4)cncc3[nH]2)/c1=C/C(=C\C)c1cncc(CN2CCCCC2)c1. The summed E-state index contributed by atoms with van der Waals surface area (Å²) in [6.07, 6.45) is 19.2. The molecule has 190 valence electrons. The van der Waals surface area contributed by atoms with Gasteiger partial charge in [-0.05, 0) is 62.2 Å². The van der Waals surface area contributed by atoms with Crippen molar-refractivity contribution in [2.24, 2.45) is 0 Å². The van der Waals surface area contributed by atoms with E-state index in [1.807, 2.05) is 43.8 Å². The van der Waals surface area contributed by atoms with E-state index < -0.39 is 0 Å². The standard InChI is InChI=1S/C30H30N8/c1-3-22(24-12-21(14-32-16-24)19-38-10-5-4-6-11-38)13-25-20(2)36-37-29(25)30-34-27-18-33-17-26(28(27)35-30)23-8-7-9-31-15-23/h3,7-9,12-18,36H,2,4-6,10-11,19H2,1H3,(H,34,35)/b22-3+,25-13+. The van der Waals surface area contributed by atoms with Crippen LogP contribution in [0.25, 0.3) is 51.9 Å². The fraction of sp³-hybridized carbons (Fsp3) is 0.233. The lowest BCUT2D eigenvalue weighted by Crippen LogP contribution is -2.29. The Bertz CT molecular complexity index is 1710. The van der Waals surface area contributed by atoms with Gasteiger partial charge in [0.1, 0.15) is 11.2 Å². The second kappa shape index (κ2) is 10.5. The highest BCUT2D eigenvalue weighted by Gasteiger charge is 2.15. The number of piperidine rings is 1. The third-order valence-electron chi connectivity index (χ3n) is 7.07. The highest BCUT2D eigenvalue weighted by Crippen LogP contribution is 2.27. The molecule has 0 unspecified atom stereocenters. The van der Waals surface area contributed by atoms with Crippen molar-refractivity contribution in [3.8, 4) is 22.6 Å². The number of hydrogen-bond acceptors (Lipinski definition) is 6. The van der Waals surface area contributed by atoms with Gasteiger partial charge in [-0.25, -0.2) is 4.98 Å². The van der Waals surface area contributed by atoms with Crippen molar-refractivity contribution < 1.29 is 0 Å². The van der Waals surface area contributed by atoms with E-state index in [2.05, 4.69) is 59.8 Å². The van der Waals surface area contributed by atoms with Gasteiger partial charge >= 0.3 is 0 Å². The number of rotatable bonds is 6. The van der Waals surface area contributed by atoms with Crippen LogP contribution in [-0.2, 0) is 6.54 Å². The van der Waals surface area contributed by atoms with Crippen LogP contribution in [0.2, 0.25) is 0 Å². The maximum atomic E-state index is 4.93. The van der Waals surface area contributed by atoms with Gasteiger partial charge in [0.05, 0.1) is 17.1 Å². The Hall–Kier alpha value is -4.43. The summed E-state index contributed by atoms with van der Waals surface area (Å²) in [4.78, 5) is 24.1. The molecule has 6 rings (SSSR count). The van der Waals surface area contributed by atoms with E-state index in [-0.39, 0.29) is 0 Å². The number of hydrogen-bond donors (Lipinski definition) is 2. The van der Waals surface area contributed by atoms with Crippen LogP contribution in [0, 0.1) is 0 Å². The lowest BCUT2D eigenvalue weighted by Gasteiger charge is -2.26. The number of nitrogens with zero attached hydrogens (tertiary/aromatic N) is 6. The normalized spacial score (nSPS) is 15.4. The number of imidazole rings is 1. The average Bonchev–Trinajstić information content (AvgIpc) is 3.56. The number of allylic oxidation sites excluding steroid dienone is 2. The summed E-state index contributed by atoms with van der Waals surface area (Å²) < 4.78 is 0. The maximum Gasteiger partial charge on any atom is 0.159 e. The molecule has 6 heterocycles. The molecule has 8 nitrogen and oxygen atoms in total. The molecule has 5 aromatic heterocycles. The Kier molecular flexibility index (Phi) is 6.62. The molecule has 2 N–H and O–H groups in total. The third-order valence-corrected chi connectivity index (χ3v) is 7.07. The molecule has 1 saturated heterocycles. The van der Waals surface area contributed by atoms with Crippen molar-refractivity contribution in [2.75, 3.05) is 13.1 Å². The monoisotopic (exact) mass is 502 g/mol. The van der Waals surface area contributed by atoms with Gasteiger partial charge in [0.25, 0.3) is 0 Å². The van der Waals surface area contributed by atoms with Gasteiger partial charge in [-0.3, -0.25) is 25.0 Å². The number of pyridine rings is 3. The largest absolute Gasteiger partial charge is 0.335 e. The second-order valence-corrected chi connectivity index (χ2v) is 9.68. The van der Waals surface area contributed by atoms with Gasteiger partial charge < -0.3 is 4.98 Å². The third kappa shape index (κ3) is 4.78. The zero-order valence-corrected chi connectivity index (χ0v) is 21.5. The van der Waals surface area contributed by atoms with Crippen molar-refractivity contribution in [2.45, 2.75) is 32.7 Å². The Morgan fingerprint density at radius 1 is 1.05 bits per heavy atom. The van der Waals surface area contributed by atoms with Crippen LogP contribution in [0.15, 0.2) is 61.5 Å². The van der Waals surface area contributed by atoms with Crippen LogP contribution >= 0.6 is 0 Å². The minimum Gasteiger partial charge on any atom is -0.335 e. The predicted octanol–water partition coefficient (Wildman–Crippen LogP) is 4.09. The molecule has 1 fully saturated rings. The molecule has 0 radical (unpaired) electrons. The van der Waals surface area contributed by atoms with E-state index in [1.54, 1.807) is 12.4 Å². The number of nitrogens with one attached hydrogen (secondary N) is 2. The van der Waals surface area contributed by atoms with Gasteiger partial charge in [0.2, 0.25) is 0 Å². The van der Waals surface area contributed by atoms with E-state index in [4.69, 9.17) is 4.98 Å². The second-order valence-electron chi connectivity index (χ2n) is 9.68. The molecular formula is C30H30N8. The summed E-state index contributed by atoms with van der Waals surface area (Å²) in [5.41, 5.74) is 7.60. The van der Waals surface area contributed by atoms with Crippen LogP contribution in [0.4, 0.5) is 0 Å². The van der Waals surface area contributed by atoms with Crippen LogP contribution < -0.4 is 10.6 Å². The molecular weight excluding hydrogens is 472 g/mol. The average molecular weight is 503 g/mol. The summed E-state index contributed by atoms with van der Waals surface area (Å²) in [6.45, 7) is 9.49. The van der Waals surface area contributed by atoms with Crippen molar-refractivity contribution in [1.29, 1.82) is 0 Å². The zero-order valence-electron chi connectivity index (χ0n) is 21.5. The fourth-order valence-electron chi connectivity index (χ4n) is 5.10. The molecule has 1 aliphatic rings. The minimum atomic E-state index is 0.656. The van der Waals surface area contributed by atoms with E-state index in [9.17, 15) is 0 Å². The smallest absolute Gasteiger partial charge is 0.159 e. The molecule has 5 aromatic rings. The van der Waals surface area contributed by atoms with E-state index in [1.165, 1.54) is 24.8 Å². The fourth-order valence-corrected chi connectivity index (χ4v) is 5.10. The van der Waals surface area contributed by atoms with Crippen molar-refractivity contribution >= 4 is 29.3 Å². The minimum absolute atomic E-state index is 0.656. The highest BCUT2D eigenvalue weighted by molar-refractivity contribution is 5.93. The predicted molar refractivity (Wildman–Crippen MR) is 151 cm³/mol. The summed E-state index contributed by atoms with van der Waals surface area (Å²) in [5.74, 6) is 0.656. The van der Waals surface area contributed by atoms with Gasteiger partial charge in [0, 0.05) is 59.4 Å². The molecule has 0 saturated carbocycles. The lowest BCUT2D eigenvalue weighted by atomic mass is 10.0. The van der Waals surface area contributed by atoms with E-state index >= 15 is 0 Å². The Labute approximate surface area is 220 Å². The van der Waals surface area contributed by atoms with Crippen molar-refractivity contribution in [1.82, 2.24) is 40.0 Å². The molecule has 0 atom stereocenters. The Morgan fingerprint density at radius 3 is 2.74 bits per heavy atom. The first-order chi connectivity index (χ1) is 18.7. The number of H-pyrrole nitrogens is 2. The van der Waals surface area contributed by atoms with Gasteiger partial charge in [-0.1, -0.05) is 25.1 Å². The van der Waals surface area contributed by atoms with Gasteiger partial charge in [0.15, 0.2) is 5.82 Å². The zero-order chi connectivity index (χ0) is 25.9. The molecule has 0 spiro atoms. The summed E-state index contributed by atoms with van der Waals surface area (Å²) in [5, 5.41) is 9.22. The summed E-state index contributed by atoms with van der Waals surface area (Å²) >= 11 is 0. The van der Waals surface area contributed by atoms with Crippen molar-refractivity contribution in [3.05, 3.63) is 83.2 Å². The topological polar surface area (TPSA) is 99.3 Å². The van der Waals surface area contributed by atoms with E-state index in [0.29, 0.717) is 11.5 Å². The van der Waals surface area contributed by atoms with Crippen LogP contribution in [-0.4, -0.2) is 53.1 Å². The lowest BCUT2D eigenvalue weighted by molar-refractivity contribution is 0.220. The number of likely N-dealkylation sites (tertiary alicyclic amines) is 1. The molecule has 1 aliphatic heterocycles. The number of fused-ring (bicyclic) bond motifs is 1. The maximum absolute atomic E-state index is 4.93. The molecule has 0 bridgehead atoms. The van der Waals surface area contributed by atoms with Crippen molar-refractivity contribution in [3.63, 3.8) is 0 Å². The van der Waals surface area contributed by atoms with Crippen LogP contribution in [0.1, 0.15) is 37.3 Å². The quantitative estimate of drug-likeness (QED) is 0.363. The van der Waals surface area contributed by atoms with Crippen LogP contribution in [0.3, 0.4) is 0 Å². The molecule has 0 amide bonds. The highest BCUT2D eigenvalue weighted by atomic mass is 15.1. The van der Waals surface area contributed by atoms with E-state index in [0.717, 1.165) is 63.5 Å². The molecule has 38 heavy (non-hydrogen) atoms.